The fraction of sp³-hybridized carbons (Fsp3) is 0.477. The van der Waals surface area contributed by atoms with Crippen molar-refractivity contribution >= 4 is 55.7 Å². The van der Waals surface area contributed by atoms with E-state index < -0.39 is 73.4 Å². The second-order valence-electron chi connectivity index (χ2n) is 17.9. The maximum atomic E-state index is 14.9. The number of pyridine rings is 1. The number of thiazole rings is 1. The lowest BCUT2D eigenvalue weighted by Crippen LogP contribution is -2.59. The summed E-state index contributed by atoms with van der Waals surface area (Å²) in [7, 11) is -2.43. The summed E-state index contributed by atoms with van der Waals surface area (Å²) >= 11 is 1.47. The van der Waals surface area contributed by atoms with Gasteiger partial charge in [-0.1, -0.05) is 46.8 Å². The molecular weight excluding hydrogens is 808 g/mol. The van der Waals surface area contributed by atoms with E-state index in [0.29, 0.717) is 51.6 Å². The van der Waals surface area contributed by atoms with E-state index in [1.54, 1.807) is 20.1 Å². The number of anilines is 1. The maximum Gasteiger partial charge on any atom is 0.259 e. The van der Waals surface area contributed by atoms with Crippen LogP contribution in [0.25, 0.3) is 21.6 Å². The van der Waals surface area contributed by atoms with Gasteiger partial charge in [0.1, 0.15) is 51.7 Å². The number of ether oxygens (including phenoxy) is 2. The summed E-state index contributed by atoms with van der Waals surface area (Å²) in [6.07, 6.45) is 1.80. The highest BCUT2D eigenvalue weighted by Crippen LogP contribution is 2.47. The van der Waals surface area contributed by atoms with E-state index in [0.717, 1.165) is 11.3 Å². The standard InChI is InChI=1S/C44H53FN6O7S2/c1-10-26-21-44(26,41(54)50-60(55,56)43(8)16-17-43)49-38(52)33-19-29(22-51(33)40(53)37(42(5,6)7)46-28-13-11-12-27(45)18-28)58-35-20-31(39-48-32(23-59-39)24(2)3)47-36-25(4)34(57-9)15-14-30(35)36/h10-15,18,20,23-24,26,29,33,37,46H,1,16-17,19,21-22H2,2-9H3,(H,49,52)(H,50,54)/t26-,29-,33+,37-,44-/m1/s1. The highest BCUT2D eigenvalue weighted by atomic mass is 32.2. The van der Waals surface area contributed by atoms with Crippen LogP contribution in [-0.2, 0) is 24.4 Å². The molecule has 2 aromatic heterocycles. The molecular formula is C44H53FN6O7S2. The van der Waals surface area contributed by atoms with E-state index in [4.69, 9.17) is 19.4 Å². The number of benzene rings is 2. The van der Waals surface area contributed by atoms with Gasteiger partial charge in [-0.15, -0.1) is 17.9 Å². The molecule has 13 nitrogen and oxygen atoms in total. The molecule has 3 heterocycles. The molecule has 16 heteroatoms. The molecule has 4 aromatic rings. The van der Waals surface area contributed by atoms with Crippen LogP contribution in [0.2, 0.25) is 0 Å². The lowest BCUT2D eigenvalue weighted by atomic mass is 9.85. The zero-order valence-corrected chi connectivity index (χ0v) is 36.9. The first-order valence-corrected chi connectivity index (χ1v) is 22.5. The molecule has 2 saturated carbocycles. The number of methoxy groups -OCH3 is 1. The largest absolute Gasteiger partial charge is 0.496 e. The van der Waals surface area contributed by atoms with Crippen LogP contribution in [0.1, 0.15) is 84.4 Å². The third-order valence-corrected chi connectivity index (χ3v) is 15.0. The third kappa shape index (κ3) is 8.19. The first-order chi connectivity index (χ1) is 28.2. The molecule has 5 atom stereocenters. The van der Waals surface area contributed by atoms with Gasteiger partial charge in [-0.2, -0.15) is 0 Å². The average molecular weight is 861 g/mol. The van der Waals surface area contributed by atoms with Crippen molar-refractivity contribution in [3.05, 3.63) is 77.6 Å². The molecule has 60 heavy (non-hydrogen) atoms. The second-order valence-corrected chi connectivity index (χ2v) is 20.9. The average Bonchev–Trinajstić information content (AvgIpc) is 3.97. The van der Waals surface area contributed by atoms with Gasteiger partial charge in [0, 0.05) is 40.4 Å². The molecule has 320 valence electrons. The molecule has 0 spiro atoms. The smallest absolute Gasteiger partial charge is 0.259 e. The van der Waals surface area contributed by atoms with Crippen LogP contribution in [0.15, 0.2) is 60.5 Å². The van der Waals surface area contributed by atoms with Crippen molar-refractivity contribution in [2.24, 2.45) is 11.3 Å². The number of nitrogens with one attached hydrogen (secondary N) is 3. The van der Waals surface area contributed by atoms with Crippen molar-refractivity contribution in [3.63, 3.8) is 0 Å². The quantitative estimate of drug-likeness (QED) is 0.114. The number of carbonyl (C=O) groups is 3. The van der Waals surface area contributed by atoms with E-state index in [9.17, 15) is 27.2 Å². The second kappa shape index (κ2) is 15.7. The van der Waals surface area contributed by atoms with Crippen molar-refractivity contribution in [3.8, 4) is 22.2 Å². The number of aromatic nitrogens is 2. The van der Waals surface area contributed by atoms with Gasteiger partial charge in [-0.3, -0.25) is 19.1 Å². The molecule has 3 amide bonds. The Balaban J connectivity index is 1.25. The van der Waals surface area contributed by atoms with Gasteiger partial charge in [0.05, 0.1) is 29.6 Å². The number of sulfonamides is 1. The van der Waals surface area contributed by atoms with Gasteiger partial charge >= 0.3 is 0 Å². The first-order valence-electron chi connectivity index (χ1n) is 20.1. The minimum absolute atomic E-state index is 0.0197. The van der Waals surface area contributed by atoms with Crippen LogP contribution in [0.4, 0.5) is 10.1 Å². The van der Waals surface area contributed by atoms with E-state index in [1.165, 1.54) is 40.5 Å². The Labute approximate surface area is 354 Å². The Morgan fingerprint density at radius 3 is 2.43 bits per heavy atom. The van der Waals surface area contributed by atoms with Crippen LogP contribution in [-0.4, -0.2) is 83.1 Å². The van der Waals surface area contributed by atoms with E-state index in [-0.39, 0.29) is 25.3 Å². The van der Waals surface area contributed by atoms with E-state index in [1.807, 2.05) is 51.3 Å². The SMILES string of the molecule is C=C[C@@H]1C[C@]1(NC(=O)[C@@H]1C[C@@H](Oc2cc(-c3nc(C(C)C)cs3)nc3c(C)c(OC)ccc23)CN1C(=O)[C@@H](Nc1cccc(F)c1)C(C)(C)C)C(=O)NS(=O)(=O)C1(C)CC1. The molecule has 2 aromatic carbocycles. The molecule has 2 aliphatic carbocycles. The molecule has 7 rings (SSSR count). The van der Waals surface area contributed by atoms with Crippen molar-refractivity contribution in [1.82, 2.24) is 24.9 Å². The van der Waals surface area contributed by atoms with Crippen molar-refractivity contribution in [2.45, 2.75) is 109 Å². The lowest BCUT2D eigenvalue weighted by Gasteiger charge is -2.36. The summed E-state index contributed by atoms with van der Waals surface area (Å²) in [5.74, 6) is -1.64. The maximum absolute atomic E-state index is 14.9. The molecule has 0 bridgehead atoms. The van der Waals surface area contributed by atoms with Crippen LogP contribution in [0.3, 0.4) is 0 Å². The summed E-state index contributed by atoms with van der Waals surface area (Å²) < 4.78 is 54.3. The van der Waals surface area contributed by atoms with E-state index in [2.05, 4.69) is 35.8 Å². The molecule has 3 fully saturated rings. The van der Waals surface area contributed by atoms with Crippen molar-refractivity contribution in [1.29, 1.82) is 0 Å². The number of hydrogen-bond acceptors (Lipinski definition) is 11. The zero-order chi connectivity index (χ0) is 43.5. The highest BCUT2D eigenvalue weighted by molar-refractivity contribution is 7.91. The minimum atomic E-state index is -4.02. The Kier molecular flexibility index (Phi) is 11.3. The number of amides is 3. The van der Waals surface area contributed by atoms with Crippen LogP contribution >= 0.6 is 11.3 Å². The number of rotatable bonds is 14. The Bertz CT molecular complexity index is 2480. The molecule has 0 radical (unpaired) electrons. The summed E-state index contributed by atoms with van der Waals surface area (Å²) in [4.78, 5) is 54.6. The van der Waals surface area contributed by atoms with Crippen molar-refractivity contribution in [2.75, 3.05) is 19.0 Å². The predicted octanol–water partition coefficient (Wildman–Crippen LogP) is 6.87. The van der Waals surface area contributed by atoms with Gasteiger partial charge in [-0.05, 0) is 74.8 Å². The van der Waals surface area contributed by atoms with Gasteiger partial charge in [0.15, 0.2) is 0 Å². The van der Waals surface area contributed by atoms with Crippen LogP contribution in [0, 0.1) is 24.1 Å². The van der Waals surface area contributed by atoms with Gasteiger partial charge < -0.3 is 25.0 Å². The molecule has 3 N–H and O–H groups in total. The fourth-order valence-corrected chi connectivity index (χ4v) is 9.96. The van der Waals surface area contributed by atoms with Gasteiger partial charge in [-0.25, -0.2) is 22.8 Å². The predicted molar refractivity (Wildman–Crippen MR) is 230 cm³/mol. The molecule has 1 saturated heterocycles. The topological polar surface area (TPSA) is 169 Å². The number of nitrogens with zero attached hydrogens (tertiary/aromatic N) is 3. The Morgan fingerprint density at radius 1 is 1.10 bits per heavy atom. The summed E-state index contributed by atoms with van der Waals surface area (Å²) in [6.45, 7) is 17.0. The Morgan fingerprint density at radius 2 is 1.83 bits per heavy atom. The lowest BCUT2D eigenvalue weighted by molar-refractivity contribution is -0.141. The van der Waals surface area contributed by atoms with Crippen LogP contribution < -0.4 is 24.8 Å². The Hall–Kier alpha value is -5.09. The molecule has 0 unspecified atom stereocenters. The monoisotopic (exact) mass is 860 g/mol. The van der Waals surface area contributed by atoms with E-state index >= 15 is 0 Å². The third-order valence-electron chi connectivity index (χ3n) is 12.0. The summed E-state index contributed by atoms with van der Waals surface area (Å²) in [6, 6.07) is 9.24. The highest BCUT2D eigenvalue weighted by Gasteiger charge is 2.63. The normalized spacial score (nSPS) is 22.6. The molecule has 1 aliphatic heterocycles. The minimum Gasteiger partial charge on any atom is -0.496 e. The molecule has 3 aliphatic rings. The number of hydrogen-bond donors (Lipinski definition) is 3. The first kappa shape index (κ1) is 43.0. The van der Waals surface area contributed by atoms with Crippen molar-refractivity contribution < 1.29 is 36.7 Å². The number of fused-ring (bicyclic) bond motifs is 1. The van der Waals surface area contributed by atoms with Gasteiger partial charge in [0.2, 0.25) is 21.8 Å². The number of halogens is 1. The fourth-order valence-electron chi connectivity index (χ4n) is 7.71. The number of likely N-dealkylation sites (tertiary alicyclic amines) is 1. The number of aryl methyl sites for hydroxylation is 1. The van der Waals surface area contributed by atoms with Crippen LogP contribution in [0.5, 0.6) is 11.5 Å². The zero-order valence-electron chi connectivity index (χ0n) is 35.2. The summed E-state index contributed by atoms with van der Waals surface area (Å²) in [5.41, 5.74) is 1.03. The summed E-state index contributed by atoms with van der Waals surface area (Å²) in [5, 5.41) is 9.46. The number of carbonyl (C=O) groups excluding carboxylic acids is 3. The van der Waals surface area contributed by atoms with Gasteiger partial charge in [0.25, 0.3) is 5.91 Å².